The van der Waals surface area contributed by atoms with Crippen LogP contribution in [0.3, 0.4) is 0 Å². The van der Waals surface area contributed by atoms with Crippen LogP contribution in [0.5, 0.6) is 0 Å². The molecule has 1 aromatic carbocycles. The maximum atomic E-state index is 12.3. The Morgan fingerprint density at radius 1 is 1.38 bits per heavy atom. The van der Waals surface area contributed by atoms with Gasteiger partial charge in [0, 0.05) is 24.2 Å². The highest BCUT2D eigenvalue weighted by atomic mass is 35.5. The largest absolute Gasteiger partial charge is 0.480 e. The summed E-state index contributed by atoms with van der Waals surface area (Å²) in [5.74, 6) is -1.63. The molecule has 0 spiro atoms. The fraction of sp³-hybridized carbons (Fsp3) is 0.389. The van der Waals surface area contributed by atoms with E-state index in [1.807, 2.05) is 20.8 Å². The molecule has 0 saturated heterocycles. The fourth-order valence-corrected chi connectivity index (χ4v) is 2.37. The summed E-state index contributed by atoms with van der Waals surface area (Å²) in [6.07, 6.45) is 3.06. The number of aliphatic carboxylic acids is 1. The summed E-state index contributed by atoms with van der Waals surface area (Å²) in [5.41, 5.74) is 0.586. The topological polar surface area (TPSA) is 93.5 Å². The fourth-order valence-electron chi connectivity index (χ4n) is 2.18. The van der Waals surface area contributed by atoms with E-state index in [4.69, 9.17) is 16.3 Å². The van der Waals surface area contributed by atoms with E-state index in [-0.39, 0.29) is 24.2 Å². The minimum atomic E-state index is -1.11. The van der Waals surface area contributed by atoms with Gasteiger partial charge in [-0.05, 0) is 39.0 Å². The van der Waals surface area contributed by atoms with Gasteiger partial charge in [0.25, 0.3) is 5.91 Å². The molecule has 1 atom stereocenters. The number of carboxylic acid groups (broad SMARTS) is 1. The smallest absolute Gasteiger partial charge is 0.326 e. The number of carbonyl (C=O) groups is 2. The molecule has 26 heavy (non-hydrogen) atoms. The van der Waals surface area contributed by atoms with Crippen LogP contribution in [-0.2, 0) is 9.53 Å². The number of aromatic nitrogens is 2. The summed E-state index contributed by atoms with van der Waals surface area (Å²) in [6, 6.07) is 5.97. The maximum Gasteiger partial charge on any atom is 0.326 e. The van der Waals surface area contributed by atoms with Crippen LogP contribution in [0, 0.1) is 0 Å². The van der Waals surface area contributed by atoms with Gasteiger partial charge in [0.05, 0.1) is 23.0 Å². The Bertz CT molecular complexity index is 783. The van der Waals surface area contributed by atoms with E-state index in [1.54, 1.807) is 24.3 Å². The predicted octanol–water partition coefficient (Wildman–Crippen LogP) is 2.91. The van der Waals surface area contributed by atoms with Crippen molar-refractivity contribution in [2.75, 3.05) is 6.61 Å². The third kappa shape index (κ3) is 5.86. The summed E-state index contributed by atoms with van der Waals surface area (Å²) in [5, 5.41) is 16.5. The maximum absolute atomic E-state index is 12.3. The molecule has 0 bridgehead atoms. The number of nitrogens with zero attached hydrogens (tertiary/aromatic N) is 2. The first-order valence-electron chi connectivity index (χ1n) is 8.14. The average molecular weight is 380 g/mol. The molecule has 0 aliphatic rings. The van der Waals surface area contributed by atoms with Gasteiger partial charge in [-0.3, -0.25) is 4.79 Å². The van der Waals surface area contributed by atoms with E-state index in [0.29, 0.717) is 10.7 Å². The van der Waals surface area contributed by atoms with Crippen molar-refractivity contribution in [2.24, 2.45) is 0 Å². The molecule has 1 amide bonds. The Kier molecular flexibility index (Phi) is 6.39. The van der Waals surface area contributed by atoms with E-state index in [1.165, 1.54) is 17.1 Å². The normalized spacial score (nSPS) is 12.6. The van der Waals surface area contributed by atoms with Crippen molar-refractivity contribution in [1.29, 1.82) is 0 Å². The van der Waals surface area contributed by atoms with Crippen LogP contribution in [0.2, 0.25) is 5.02 Å². The zero-order valence-electron chi connectivity index (χ0n) is 14.9. The van der Waals surface area contributed by atoms with E-state index in [9.17, 15) is 14.7 Å². The standard InChI is InChI=1S/C18H22ClN3O4/c1-18(2,3)26-8-7-15(17(24)25)21-16(23)12-10-20-22(11-12)14-6-4-5-13(19)9-14/h4-6,9-11,15H,7-8H2,1-3H3,(H,21,23)(H,24,25). The Labute approximate surface area is 156 Å². The molecule has 0 aliphatic heterocycles. The number of rotatable bonds is 7. The van der Waals surface area contributed by atoms with Gasteiger partial charge in [-0.1, -0.05) is 17.7 Å². The zero-order chi connectivity index (χ0) is 19.3. The molecule has 2 aromatic rings. The molecule has 1 aromatic heterocycles. The highest BCUT2D eigenvalue weighted by molar-refractivity contribution is 6.30. The summed E-state index contributed by atoms with van der Waals surface area (Å²) in [6.45, 7) is 5.87. The lowest BCUT2D eigenvalue weighted by molar-refractivity contribution is -0.140. The Hall–Kier alpha value is -2.38. The minimum absolute atomic E-state index is 0.167. The van der Waals surface area contributed by atoms with Gasteiger partial charge in [0.1, 0.15) is 6.04 Å². The quantitative estimate of drug-likeness (QED) is 0.771. The van der Waals surface area contributed by atoms with Crippen LogP contribution >= 0.6 is 11.6 Å². The molecule has 140 valence electrons. The van der Waals surface area contributed by atoms with Crippen molar-refractivity contribution >= 4 is 23.5 Å². The predicted molar refractivity (Wildman–Crippen MR) is 97.8 cm³/mol. The molecule has 0 aliphatic carbocycles. The number of hydrogen-bond donors (Lipinski definition) is 2. The van der Waals surface area contributed by atoms with Gasteiger partial charge in [-0.2, -0.15) is 5.10 Å². The molecule has 1 unspecified atom stereocenters. The lowest BCUT2D eigenvalue weighted by atomic mass is 10.1. The third-order valence-corrected chi connectivity index (χ3v) is 3.70. The first kappa shape index (κ1) is 19.9. The zero-order valence-corrected chi connectivity index (χ0v) is 15.7. The van der Waals surface area contributed by atoms with Gasteiger partial charge in [-0.25, -0.2) is 9.48 Å². The SMILES string of the molecule is CC(C)(C)OCCC(NC(=O)c1cnn(-c2cccc(Cl)c2)c1)C(=O)O. The molecule has 0 radical (unpaired) electrons. The molecule has 7 nitrogen and oxygen atoms in total. The van der Waals surface area contributed by atoms with E-state index < -0.39 is 17.9 Å². The Morgan fingerprint density at radius 2 is 2.12 bits per heavy atom. The van der Waals surface area contributed by atoms with Crippen LogP contribution in [0.4, 0.5) is 0 Å². The number of ether oxygens (including phenoxy) is 1. The van der Waals surface area contributed by atoms with Crippen LogP contribution in [0.1, 0.15) is 37.6 Å². The Morgan fingerprint density at radius 3 is 2.73 bits per heavy atom. The first-order chi connectivity index (χ1) is 12.2. The van der Waals surface area contributed by atoms with Crippen LogP contribution < -0.4 is 5.32 Å². The van der Waals surface area contributed by atoms with E-state index in [0.717, 1.165) is 0 Å². The molecule has 2 rings (SSSR count). The van der Waals surface area contributed by atoms with Gasteiger partial charge < -0.3 is 15.2 Å². The van der Waals surface area contributed by atoms with Gasteiger partial charge in [-0.15, -0.1) is 0 Å². The van der Waals surface area contributed by atoms with Crippen molar-refractivity contribution in [3.05, 3.63) is 47.2 Å². The monoisotopic (exact) mass is 379 g/mol. The van der Waals surface area contributed by atoms with Crippen molar-refractivity contribution in [3.8, 4) is 5.69 Å². The second kappa shape index (κ2) is 8.33. The van der Waals surface area contributed by atoms with Crippen molar-refractivity contribution in [3.63, 3.8) is 0 Å². The van der Waals surface area contributed by atoms with Gasteiger partial charge >= 0.3 is 5.97 Å². The van der Waals surface area contributed by atoms with E-state index >= 15 is 0 Å². The molecule has 8 heteroatoms. The minimum Gasteiger partial charge on any atom is -0.480 e. The number of nitrogens with one attached hydrogen (secondary N) is 1. The second-order valence-corrected chi connectivity index (χ2v) is 7.20. The number of benzene rings is 1. The van der Waals surface area contributed by atoms with Crippen molar-refractivity contribution in [2.45, 2.75) is 38.8 Å². The highest BCUT2D eigenvalue weighted by Crippen LogP contribution is 2.15. The molecule has 2 N–H and O–H groups in total. The Balaban J connectivity index is 2.02. The number of amides is 1. The summed E-state index contributed by atoms with van der Waals surface area (Å²) in [4.78, 5) is 23.7. The third-order valence-electron chi connectivity index (χ3n) is 3.46. The van der Waals surface area contributed by atoms with Gasteiger partial charge in [0.2, 0.25) is 0 Å². The number of carbonyl (C=O) groups excluding carboxylic acids is 1. The molecule has 0 fully saturated rings. The number of hydrogen-bond acceptors (Lipinski definition) is 4. The van der Waals surface area contributed by atoms with Crippen LogP contribution in [0.15, 0.2) is 36.7 Å². The van der Waals surface area contributed by atoms with Crippen molar-refractivity contribution < 1.29 is 19.4 Å². The van der Waals surface area contributed by atoms with Crippen LogP contribution in [-0.4, -0.2) is 45.0 Å². The summed E-state index contributed by atoms with van der Waals surface area (Å²) < 4.78 is 7.03. The second-order valence-electron chi connectivity index (χ2n) is 6.77. The summed E-state index contributed by atoms with van der Waals surface area (Å²) >= 11 is 5.95. The van der Waals surface area contributed by atoms with Crippen molar-refractivity contribution in [1.82, 2.24) is 15.1 Å². The number of halogens is 1. The van der Waals surface area contributed by atoms with Gasteiger partial charge in [0.15, 0.2) is 0 Å². The van der Waals surface area contributed by atoms with Crippen LogP contribution in [0.25, 0.3) is 5.69 Å². The lowest BCUT2D eigenvalue weighted by Gasteiger charge is -2.21. The number of carboxylic acids is 1. The molecular weight excluding hydrogens is 358 g/mol. The first-order valence-corrected chi connectivity index (χ1v) is 8.52. The van der Waals surface area contributed by atoms with E-state index in [2.05, 4.69) is 10.4 Å². The molecule has 0 saturated carbocycles. The summed E-state index contributed by atoms with van der Waals surface area (Å²) in [7, 11) is 0. The average Bonchev–Trinajstić information content (AvgIpc) is 3.02. The molecular formula is C18H22ClN3O4. The lowest BCUT2D eigenvalue weighted by Crippen LogP contribution is -2.41. The highest BCUT2D eigenvalue weighted by Gasteiger charge is 2.22. The molecule has 1 heterocycles.